The summed E-state index contributed by atoms with van der Waals surface area (Å²) in [5.74, 6) is 1.98. The molecule has 0 fully saturated rings. The molecule has 15 heavy (non-hydrogen) atoms. The van der Waals surface area contributed by atoms with Crippen molar-refractivity contribution in [1.82, 2.24) is 9.97 Å². The minimum Gasteiger partial charge on any atom is -0.384 e. The summed E-state index contributed by atoms with van der Waals surface area (Å²) >= 11 is 0. The van der Waals surface area contributed by atoms with Crippen LogP contribution in [0.4, 0.5) is 11.6 Å². The van der Waals surface area contributed by atoms with Crippen molar-refractivity contribution in [2.24, 2.45) is 5.92 Å². The van der Waals surface area contributed by atoms with Gasteiger partial charge in [0, 0.05) is 12.1 Å². The lowest BCUT2D eigenvalue weighted by molar-refractivity contribution is 0.437. The molecule has 0 spiro atoms. The first kappa shape index (κ1) is 11.8. The highest BCUT2D eigenvalue weighted by atomic mass is 15.0. The molecule has 0 saturated heterocycles. The quantitative estimate of drug-likeness (QED) is 0.779. The third-order valence-electron chi connectivity index (χ3n) is 2.82. The van der Waals surface area contributed by atoms with Crippen molar-refractivity contribution in [3.05, 3.63) is 12.4 Å². The van der Waals surface area contributed by atoms with Crippen LogP contribution >= 0.6 is 0 Å². The molecule has 1 atom stereocenters. The Balaban J connectivity index is 2.61. The van der Waals surface area contributed by atoms with Gasteiger partial charge in [0.05, 0.1) is 0 Å². The van der Waals surface area contributed by atoms with E-state index in [9.17, 15) is 0 Å². The fraction of sp³-hybridized carbons (Fsp3) is 0.636. The summed E-state index contributed by atoms with van der Waals surface area (Å²) in [5, 5.41) is 3.35. The van der Waals surface area contributed by atoms with Gasteiger partial charge in [0.1, 0.15) is 18.0 Å². The summed E-state index contributed by atoms with van der Waals surface area (Å²) in [5.41, 5.74) is 5.58. The van der Waals surface area contributed by atoms with E-state index in [-0.39, 0.29) is 0 Å². The molecule has 0 aliphatic carbocycles. The third-order valence-corrected chi connectivity index (χ3v) is 2.82. The number of nitrogens with zero attached hydrogens (tertiary/aromatic N) is 2. The number of nitrogens with two attached hydrogens (primary N) is 1. The Kier molecular flexibility index (Phi) is 4.34. The SMILES string of the molecule is CCC(CC)C(C)Nc1cc(N)ncn1. The number of hydrogen-bond donors (Lipinski definition) is 2. The molecule has 0 amide bonds. The van der Waals surface area contributed by atoms with Gasteiger partial charge in [-0.25, -0.2) is 9.97 Å². The number of anilines is 2. The fourth-order valence-corrected chi connectivity index (χ4v) is 1.80. The maximum atomic E-state index is 5.58. The second-order valence-corrected chi connectivity index (χ2v) is 3.84. The molecule has 84 valence electrons. The van der Waals surface area contributed by atoms with E-state index in [1.807, 2.05) is 0 Å². The normalized spacial score (nSPS) is 12.8. The summed E-state index contributed by atoms with van der Waals surface area (Å²) in [6.07, 6.45) is 3.83. The van der Waals surface area contributed by atoms with Crippen LogP contribution in [0.1, 0.15) is 33.6 Å². The van der Waals surface area contributed by atoms with Crippen LogP contribution in [0.2, 0.25) is 0 Å². The summed E-state index contributed by atoms with van der Waals surface area (Å²) < 4.78 is 0. The summed E-state index contributed by atoms with van der Waals surface area (Å²) in [4.78, 5) is 7.99. The molecule has 4 nitrogen and oxygen atoms in total. The standard InChI is InChI=1S/C11H20N4/c1-4-9(5-2)8(3)15-11-6-10(12)13-7-14-11/h6-9H,4-5H2,1-3H3,(H3,12,13,14,15). The van der Waals surface area contributed by atoms with Gasteiger partial charge in [0.15, 0.2) is 0 Å². The molecule has 0 aromatic carbocycles. The van der Waals surface area contributed by atoms with Crippen molar-refractivity contribution >= 4 is 11.6 Å². The Hall–Kier alpha value is -1.32. The lowest BCUT2D eigenvalue weighted by atomic mass is 9.95. The van der Waals surface area contributed by atoms with Gasteiger partial charge in [-0.2, -0.15) is 0 Å². The van der Waals surface area contributed by atoms with E-state index in [2.05, 4.69) is 36.1 Å². The lowest BCUT2D eigenvalue weighted by Gasteiger charge is -2.22. The molecule has 0 aliphatic rings. The van der Waals surface area contributed by atoms with Crippen LogP contribution in [0.15, 0.2) is 12.4 Å². The van der Waals surface area contributed by atoms with E-state index in [4.69, 9.17) is 5.73 Å². The maximum Gasteiger partial charge on any atom is 0.131 e. The first-order chi connectivity index (χ1) is 7.17. The van der Waals surface area contributed by atoms with Crippen LogP contribution in [0, 0.1) is 5.92 Å². The molecule has 0 saturated carbocycles. The molecular weight excluding hydrogens is 188 g/mol. The van der Waals surface area contributed by atoms with Crippen molar-refractivity contribution in [1.29, 1.82) is 0 Å². The Labute approximate surface area is 91.3 Å². The minimum absolute atomic E-state index is 0.411. The van der Waals surface area contributed by atoms with E-state index < -0.39 is 0 Å². The third kappa shape index (κ3) is 3.38. The van der Waals surface area contributed by atoms with Crippen molar-refractivity contribution in [3.63, 3.8) is 0 Å². The van der Waals surface area contributed by atoms with Crippen LogP contribution in [0.25, 0.3) is 0 Å². The minimum atomic E-state index is 0.411. The highest BCUT2D eigenvalue weighted by Gasteiger charge is 2.13. The first-order valence-electron chi connectivity index (χ1n) is 5.51. The summed E-state index contributed by atoms with van der Waals surface area (Å²) in [7, 11) is 0. The zero-order valence-corrected chi connectivity index (χ0v) is 9.70. The van der Waals surface area contributed by atoms with Crippen LogP contribution in [-0.4, -0.2) is 16.0 Å². The predicted molar refractivity (Wildman–Crippen MR) is 63.6 cm³/mol. The number of nitrogen functional groups attached to an aromatic ring is 1. The van der Waals surface area contributed by atoms with Gasteiger partial charge in [-0.15, -0.1) is 0 Å². The highest BCUT2D eigenvalue weighted by Crippen LogP contribution is 2.17. The molecule has 1 heterocycles. The Morgan fingerprint density at radius 2 is 2.00 bits per heavy atom. The number of rotatable bonds is 5. The van der Waals surface area contributed by atoms with E-state index in [1.54, 1.807) is 6.07 Å². The highest BCUT2D eigenvalue weighted by molar-refractivity contribution is 5.43. The summed E-state index contributed by atoms with van der Waals surface area (Å²) in [6.45, 7) is 6.59. The van der Waals surface area contributed by atoms with Gasteiger partial charge in [-0.05, 0) is 12.8 Å². The van der Waals surface area contributed by atoms with Gasteiger partial charge in [-0.3, -0.25) is 0 Å². The van der Waals surface area contributed by atoms with Gasteiger partial charge in [-0.1, -0.05) is 26.7 Å². The Morgan fingerprint density at radius 1 is 1.33 bits per heavy atom. The Morgan fingerprint density at radius 3 is 2.53 bits per heavy atom. The Bertz CT molecular complexity index is 296. The molecule has 1 aromatic heterocycles. The fourth-order valence-electron chi connectivity index (χ4n) is 1.80. The molecule has 1 aromatic rings. The molecule has 0 aliphatic heterocycles. The molecule has 1 rings (SSSR count). The topological polar surface area (TPSA) is 63.8 Å². The van der Waals surface area contributed by atoms with Gasteiger partial charge in [0.2, 0.25) is 0 Å². The van der Waals surface area contributed by atoms with Crippen molar-refractivity contribution in [2.45, 2.75) is 39.7 Å². The van der Waals surface area contributed by atoms with E-state index in [1.165, 1.54) is 19.2 Å². The molecule has 4 heteroatoms. The molecule has 0 bridgehead atoms. The van der Waals surface area contributed by atoms with Crippen molar-refractivity contribution < 1.29 is 0 Å². The van der Waals surface area contributed by atoms with Gasteiger partial charge < -0.3 is 11.1 Å². The van der Waals surface area contributed by atoms with Gasteiger partial charge >= 0.3 is 0 Å². The monoisotopic (exact) mass is 208 g/mol. The van der Waals surface area contributed by atoms with E-state index in [0.29, 0.717) is 17.8 Å². The summed E-state index contributed by atoms with van der Waals surface area (Å²) in [6, 6.07) is 2.17. The zero-order chi connectivity index (χ0) is 11.3. The van der Waals surface area contributed by atoms with Crippen LogP contribution in [0.3, 0.4) is 0 Å². The van der Waals surface area contributed by atoms with Crippen molar-refractivity contribution in [3.8, 4) is 0 Å². The van der Waals surface area contributed by atoms with E-state index >= 15 is 0 Å². The van der Waals surface area contributed by atoms with E-state index in [0.717, 1.165) is 5.82 Å². The molecular formula is C11H20N4. The average molecular weight is 208 g/mol. The molecule has 0 radical (unpaired) electrons. The molecule has 3 N–H and O–H groups in total. The smallest absolute Gasteiger partial charge is 0.131 e. The number of nitrogens with one attached hydrogen (secondary N) is 1. The molecule has 1 unspecified atom stereocenters. The van der Waals surface area contributed by atoms with Crippen molar-refractivity contribution in [2.75, 3.05) is 11.1 Å². The number of hydrogen-bond acceptors (Lipinski definition) is 4. The second kappa shape index (κ2) is 5.53. The largest absolute Gasteiger partial charge is 0.384 e. The van der Waals surface area contributed by atoms with Crippen LogP contribution in [0.5, 0.6) is 0 Å². The second-order valence-electron chi connectivity index (χ2n) is 3.84. The first-order valence-corrected chi connectivity index (χ1v) is 5.51. The lowest BCUT2D eigenvalue weighted by Crippen LogP contribution is -2.25. The number of aromatic nitrogens is 2. The van der Waals surface area contributed by atoms with Crippen LogP contribution in [-0.2, 0) is 0 Å². The maximum absolute atomic E-state index is 5.58. The predicted octanol–water partition coefficient (Wildman–Crippen LogP) is 2.30. The zero-order valence-electron chi connectivity index (χ0n) is 9.70. The van der Waals surface area contributed by atoms with Crippen LogP contribution < -0.4 is 11.1 Å². The average Bonchev–Trinajstić information content (AvgIpc) is 2.19. The van der Waals surface area contributed by atoms with Gasteiger partial charge in [0.25, 0.3) is 0 Å².